The molecule has 0 saturated carbocycles. The standard InChI is InChI=1S/C12H18BrN5/c1-4-18-11(12(13)9(2)15-18)8-17-6-5-10(16-17)7-14-3/h5-6,14H,4,7-8H2,1-3H3. The normalized spacial score (nSPS) is 11.1. The molecule has 2 rings (SSSR count). The predicted molar refractivity (Wildman–Crippen MR) is 74.4 cm³/mol. The van der Waals surface area contributed by atoms with Crippen LogP contribution in [-0.4, -0.2) is 26.6 Å². The first-order valence-electron chi connectivity index (χ1n) is 6.04. The van der Waals surface area contributed by atoms with Gasteiger partial charge in [-0.25, -0.2) is 0 Å². The molecule has 0 fully saturated rings. The molecule has 5 nitrogen and oxygen atoms in total. The lowest BCUT2D eigenvalue weighted by molar-refractivity contribution is 0.569. The van der Waals surface area contributed by atoms with Gasteiger partial charge in [0.2, 0.25) is 0 Å². The molecule has 0 atom stereocenters. The summed E-state index contributed by atoms with van der Waals surface area (Å²) in [5.41, 5.74) is 3.23. The summed E-state index contributed by atoms with van der Waals surface area (Å²) in [5.74, 6) is 0. The van der Waals surface area contributed by atoms with Crippen molar-refractivity contribution in [3.05, 3.63) is 33.8 Å². The highest BCUT2D eigenvalue weighted by atomic mass is 79.9. The number of nitrogens with one attached hydrogen (secondary N) is 1. The van der Waals surface area contributed by atoms with E-state index in [0.29, 0.717) is 0 Å². The van der Waals surface area contributed by atoms with Crippen molar-refractivity contribution in [2.45, 2.75) is 33.5 Å². The van der Waals surface area contributed by atoms with Crippen molar-refractivity contribution < 1.29 is 0 Å². The average molecular weight is 312 g/mol. The minimum atomic E-state index is 0.735. The Bertz CT molecular complexity index is 529. The third-order valence-corrected chi connectivity index (χ3v) is 3.85. The molecule has 1 N–H and O–H groups in total. The van der Waals surface area contributed by atoms with E-state index < -0.39 is 0 Å². The lowest BCUT2D eigenvalue weighted by Gasteiger charge is -2.05. The molecule has 0 saturated heterocycles. The van der Waals surface area contributed by atoms with Crippen LogP contribution in [0.4, 0.5) is 0 Å². The van der Waals surface area contributed by atoms with Gasteiger partial charge in [-0.3, -0.25) is 9.36 Å². The van der Waals surface area contributed by atoms with Crippen molar-refractivity contribution in [2.75, 3.05) is 7.05 Å². The van der Waals surface area contributed by atoms with Crippen LogP contribution in [0.15, 0.2) is 16.7 Å². The first-order valence-corrected chi connectivity index (χ1v) is 6.83. The van der Waals surface area contributed by atoms with Crippen LogP contribution in [0.5, 0.6) is 0 Å². The molecule has 0 aliphatic heterocycles. The molecule has 18 heavy (non-hydrogen) atoms. The Morgan fingerprint density at radius 2 is 2.17 bits per heavy atom. The Hall–Kier alpha value is -1.14. The second kappa shape index (κ2) is 5.67. The monoisotopic (exact) mass is 311 g/mol. The van der Waals surface area contributed by atoms with Crippen molar-refractivity contribution in [2.24, 2.45) is 0 Å². The van der Waals surface area contributed by atoms with Gasteiger partial charge in [0.1, 0.15) is 0 Å². The number of hydrogen-bond donors (Lipinski definition) is 1. The Kier molecular flexibility index (Phi) is 4.19. The molecule has 2 aromatic heterocycles. The van der Waals surface area contributed by atoms with Crippen LogP contribution < -0.4 is 5.32 Å². The number of hydrogen-bond acceptors (Lipinski definition) is 3. The molecule has 2 aromatic rings. The third kappa shape index (κ3) is 2.64. The Morgan fingerprint density at radius 3 is 2.83 bits per heavy atom. The second-order valence-corrected chi connectivity index (χ2v) is 4.99. The van der Waals surface area contributed by atoms with Crippen molar-refractivity contribution in [3.8, 4) is 0 Å². The Labute approximate surface area is 115 Å². The van der Waals surface area contributed by atoms with Gasteiger partial charge < -0.3 is 5.32 Å². The van der Waals surface area contributed by atoms with E-state index in [9.17, 15) is 0 Å². The number of halogens is 1. The van der Waals surface area contributed by atoms with Gasteiger partial charge in [0.25, 0.3) is 0 Å². The molecule has 0 aromatic carbocycles. The van der Waals surface area contributed by atoms with Gasteiger partial charge in [-0.2, -0.15) is 10.2 Å². The van der Waals surface area contributed by atoms with Gasteiger partial charge in [-0.05, 0) is 42.9 Å². The average Bonchev–Trinajstić information content (AvgIpc) is 2.90. The number of rotatable bonds is 5. The zero-order valence-electron chi connectivity index (χ0n) is 10.9. The van der Waals surface area contributed by atoms with E-state index in [2.05, 4.69) is 38.4 Å². The largest absolute Gasteiger partial charge is 0.314 e. The van der Waals surface area contributed by atoms with E-state index in [-0.39, 0.29) is 0 Å². The summed E-state index contributed by atoms with van der Waals surface area (Å²) in [6.07, 6.45) is 2.00. The molecule has 2 heterocycles. The lowest BCUT2D eigenvalue weighted by atomic mass is 10.3. The van der Waals surface area contributed by atoms with Crippen LogP contribution in [0.2, 0.25) is 0 Å². The molecule has 0 aliphatic carbocycles. The van der Waals surface area contributed by atoms with Crippen LogP contribution in [0.1, 0.15) is 24.0 Å². The maximum atomic E-state index is 4.51. The predicted octanol–water partition coefficient (Wildman–Crippen LogP) is 1.94. The minimum Gasteiger partial charge on any atom is -0.314 e. The van der Waals surface area contributed by atoms with Crippen LogP contribution in [0.25, 0.3) is 0 Å². The van der Waals surface area contributed by atoms with E-state index >= 15 is 0 Å². The van der Waals surface area contributed by atoms with Crippen LogP contribution in [-0.2, 0) is 19.6 Å². The molecule has 0 radical (unpaired) electrons. The third-order valence-electron chi connectivity index (χ3n) is 2.82. The SMILES string of the molecule is CCn1nc(C)c(Br)c1Cn1ccc(CNC)n1. The van der Waals surface area contributed by atoms with Crippen LogP contribution in [0.3, 0.4) is 0 Å². The number of aromatic nitrogens is 4. The smallest absolute Gasteiger partial charge is 0.0839 e. The summed E-state index contributed by atoms with van der Waals surface area (Å²) in [6, 6.07) is 2.03. The summed E-state index contributed by atoms with van der Waals surface area (Å²) in [7, 11) is 1.92. The summed E-state index contributed by atoms with van der Waals surface area (Å²) in [6.45, 7) is 6.50. The first kappa shape index (κ1) is 13.3. The van der Waals surface area contributed by atoms with E-state index in [0.717, 1.165) is 41.2 Å². The fraction of sp³-hybridized carbons (Fsp3) is 0.500. The highest BCUT2D eigenvalue weighted by Gasteiger charge is 2.12. The van der Waals surface area contributed by atoms with Crippen molar-refractivity contribution in [3.63, 3.8) is 0 Å². The summed E-state index contributed by atoms with van der Waals surface area (Å²) in [5, 5.41) is 12.1. The van der Waals surface area contributed by atoms with Gasteiger partial charge in [-0.15, -0.1) is 0 Å². The zero-order valence-corrected chi connectivity index (χ0v) is 12.5. The molecule has 0 unspecified atom stereocenters. The van der Waals surface area contributed by atoms with Gasteiger partial charge in [0.05, 0.1) is 28.1 Å². The molecule has 0 amide bonds. The van der Waals surface area contributed by atoms with Crippen molar-refractivity contribution >= 4 is 15.9 Å². The highest BCUT2D eigenvalue weighted by molar-refractivity contribution is 9.10. The topological polar surface area (TPSA) is 47.7 Å². The quantitative estimate of drug-likeness (QED) is 0.918. The number of nitrogens with zero attached hydrogens (tertiary/aromatic N) is 4. The van der Waals surface area contributed by atoms with Gasteiger partial charge >= 0.3 is 0 Å². The van der Waals surface area contributed by atoms with Crippen LogP contribution in [0, 0.1) is 6.92 Å². The molecular formula is C12H18BrN5. The molecule has 98 valence electrons. The Balaban J connectivity index is 2.22. The van der Waals surface area contributed by atoms with Gasteiger partial charge in [-0.1, -0.05) is 0 Å². The van der Waals surface area contributed by atoms with E-state index in [1.54, 1.807) is 0 Å². The molecular weight excluding hydrogens is 294 g/mol. The summed E-state index contributed by atoms with van der Waals surface area (Å²) >= 11 is 3.60. The maximum absolute atomic E-state index is 4.51. The fourth-order valence-electron chi connectivity index (χ4n) is 1.94. The molecule has 0 aliphatic rings. The summed E-state index contributed by atoms with van der Waals surface area (Å²) in [4.78, 5) is 0. The minimum absolute atomic E-state index is 0.735. The van der Waals surface area contributed by atoms with E-state index in [1.165, 1.54) is 0 Å². The molecule has 6 heteroatoms. The maximum Gasteiger partial charge on any atom is 0.0839 e. The second-order valence-electron chi connectivity index (χ2n) is 4.20. The van der Waals surface area contributed by atoms with Crippen LogP contribution >= 0.6 is 15.9 Å². The number of aryl methyl sites for hydroxylation is 2. The Morgan fingerprint density at radius 1 is 1.39 bits per heavy atom. The molecule has 0 spiro atoms. The fourth-order valence-corrected chi connectivity index (χ4v) is 2.35. The lowest BCUT2D eigenvalue weighted by Crippen LogP contribution is -2.10. The zero-order chi connectivity index (χ0) is 13.1. The van der Waals surface area contributed by atoms with Crippen molar-refractivity contribution in [1.29, 1.82) is 0 Å². The molecule has 0 bridgehead atoms. The van der Waals surface area contributed by atoms with E-state index in [4.69, 9.17) is 0 Å². The van der Waals surface area contributed by atoms with Crippen molar-refractivity contribution in [1.82, 2.24) is 24.9 Å². The highest BCUT2D eigenvalue weighted by Crippen LogP contribution is 2.21. The summed E-state index contributed by atoms with van der Waals surface area (Å²) < 4.78 is 5.04. The van der Waals surface area contributed by atoms with E-state index in [1.807, 2.05) is 35.6 Å². The van der Waals surface area contributed by atoms with Gasteiger partial charge in [0, 0.05) is 19.3 Å². The first-order chi connectivity index (χ1) is 8.65. The van der Waals surface area contributed by atoms with Gasteiger partial charge in [0.15, 0.2) is 0 Å².